The van der Waals surface area contributed by atoms with Crippen molar-refractivity contribution in [3.8, 4) is 11.5 Å². The maximum atomic E-state index is 5.79. The summed E-state index contributed by atoms with van der Waals surface area (Å²) in [7, 11) is 1.62. The van der Waals surface area contributed by atoms with Gasteiger partial charge in [0.1, 0.15) is 27.6 Å². The van der Waals surface area contributed by atoms with E-state index < -0.39 is 0 Å². The molecule has 0 fully saturated rings. The lowest BCUT2D eigenvalue weighted by Crippen LogP contribution is -2.05. The van der Waals surface area contributed by atoms with Crippen LogP contribution >= 0.6 is 23.2 Å². The van der Waals surface area contributed by atoms with Crippen molar-refractivity contribution >= 4 is 23.2 Å². The average Bonchev–Trinajstić information content (AvgIpc) is 2.38. The third kappa shape index (κ3) is 4.26. The van der Waals surface area contributed by atoms with Crippen LogP contribution in [0.3, 0.4) is 0 Å². The van der Waals surface area contributed by atoms with Gasteiger partial charge in [0.15, 0.2) is 0 Å². The lowest BCUT2D eigenvalue weighted by atomic mass is 10.3. The number of ether oxygens (including phenoxy) is 2. The van der Waals surface area contributed by atoms with E-state index in [0.29, 0.717) is 29.2 Å². The average molecular weight is 299 g/mol. The fourth-order valence-corrected chi connectivity index (χ4v) is 1.94. The Kier molecular flexibility index (Phi) is 4.82. The second-order valence-corrected chi connectivity index (χ2v) is 4.48. The molecule has 1 heterocycles. The number of aromatic nitrogens is 2. The van der Waals surface area contributed by atoms with E-state index in [2.05, 4.69) is 9.97 Å². The number of halogens is 2. The molecule has 0 aliphatic carbocycles. The van der Waals surface area contributed by atoms with Gasteiger partial charge in [-0.05, 0) is 24.3 Å². The zero-order valence-corrected chi connectivity index (χ0v) is 11.8. The minimum atomic E-state index is 0.333. The molecule has 0 aliphatic rings. The molecule has 6 heteroatoms. The summed E-state index contributed by atoms with van der Waals surface area (Å²) in [5.41, 5.74) is 0. The summed E-state index contributed by atoms with van der Waals surface area (Å²) in [4.78, 5) is 8.12. The van der Waals surface area contributed by atoms with Gasteiger partial charge in [0.05, 0.1) is 13.7 Å². The van der Waals surface area contributed by atoms with Crippen LogP contribution < -0.4 is 9.47 Å². The quantitative estimate of drug-likeness (QED) is 0.794. The van der Waals surface area contributed by atoms with Crippen molar-refractivity contribution in [1.29, 1.82) is 0 Å². The maximum absolute atomic E-state index is 5.79. The molecular weight excluding hydrogens is 287 g/mol. The van der Waals surface area contributed by atoms with Crippen molar-refractivity contribution in [2.75, 3.05) is 13.7 Å². The fourth-order valence-electron chi connectivity index (χ4n) is 1.48. The summed E-state index contributed by atoms with van der Waals surface area (Å²) in [6.45, 7) is 0.447. The molecule has 100 valence electrons. The number of hydrogen-bond donors (Lipinski definition) is 0. The molecule has 0 bridgehead atoms. The van der Waals surface area contributed by atoms with E-state index in [0.717, 1.165) is 11.5 Å². The zero-order valence-electron chi connectivity index (χ0n) is 10.3. The summed E-state index contributed by atoms with van der Waals surface area (Å²) < 4.78 is 10.6. The van der Waals surface area contributed by atoms with Crippen LogP contribution in [0.4, 0.5) is 0 Å². The van der Waals surface area contributed by atoms with Crippen molar-refractivity contribution in [3.63, 3.8) is 0 Å². The highest BCUT2D eigenvalue weighted by Crippen LogP contribution is 2.17. The van der Waals surface area contributed by atoms with Gasteiger partial charge >= 0.3 is 0 Å². The van der Waals surface area contributed by atoms with E-state index in [9.17, 15) is 0 Å². The Balaban J connectivity index is 1.88. The molecule has 1 aromatic carbocycles. The first-order valence-electron chi connectivity index (χ1n) is 5.63. The first kappa shape index (κ1) is 13.9. The van der Waals surface area contributed by atoms with E-state index in [1.807, 2.05) is 24.3 Å². The largest absolute Gasteiger partial charge is 0.497 e. The van der Waals surface area contributed by atoms with Crippen molar-refractivity contribution in [2.45, 2.75) is 6.42 Å². The molecule has 0 saturated carbocycles. The number of methoxy groups -OCH3 is 1. The Labute approximate surface area is 121 Å². The molecule has 19 heavy (non-hydrogen) atoms. The van der Waals surface area contributed by atoms with Gasteiger partial charge < -0.3 is 9.47 Å². The summed E-state index contributed by atoms with van der Waals surface area (Å²) in [6, 6.07) is 8.84. The minimum Gasteiger partial charge on any atom is -0.497 e. The molecule has 0 spiro atoms. The SMILES string of the molecule is COc1ccc(OCCc2nc(Cl)cc(Cl)n2)cc1. The van der Waals surface area contributed by atoms with Gasteiger partial charge in [0.2, 0.25) is 0 Å². The van der Waals surface area contributed by atoms with Crippen LogP contribution in [-0.4, -0.2) is 23.7 Å². The Morgan fingerprint density at radius 1 is 1.00 bits per heavy atom. The number of rotatable bonds is 5. The minimum absolute atomic E-state index is 0.333. The standard InChI is InChI=1S/C13H12Cl2N2O2/c1-18-9-2-4-10(5-3-9)19-7-6-13-16-11(14)8-12(15)17-13/h2-5,8H,6-7H2,1H3. The smallest absolute Gasteiger partial charge is 0.135 e. The Hall–Kier alpha value is -1.52. The molecule has 0 unspecified atom stereocenters. The summed E-state index contributed by atoms with van der Waals surface area (Å²) in [5, 5.41) is 0.666. The maximum Gasteiger partial charge on any atom is 0.135 e. The highest BCUT2D eigenvalue weighted by molar-refractivity contribution is 6.33. The molecule has 2 rings (SSSR count). The van der Waals surface area contributed by atoms with Crippen LogP contribution in [0.2, 0.25) is 10.3 Å². The van der Waals surface area contributed by atoms with Crippen LogP contribution in [0.5, 0.6) is 11.5 Å². The third-order valence-corrected chi connectivity index (χ3v) is 2.75. The van der Waals surface area contributed by atoms with Crippen LogP contribution in [0, 0.1) is 0 Å². The van der Waals surface area contributed by atoms with E-state index in [-0.39, 0.29) is 0 Å². The monoisotopic (exact) mass is 298 g/mol. The van der Waals surface area contributed by atoms with E-state index in [1.54, 1.807) is 7.11 Å². The topological polar surface area (TPSA) is 44.2 Å². The predicted molar refractivity (Wildman–Crippen MR) is 74.2 cm³/mol. The van der Waals surface area contributed by atoms with Crippen LogP contribution in [0.15, 0.2) is 30.3 Å². The highest BCUT2D eigenvalue weighted by atomic mass is 35.5. The van der Waals surface area contributed by atoms with Crippen molar-refractivity contribution < 1.29 is 9.47 Å². The van der Waals surface area contributed by atoms with E-state index in [4.69, 9.17) is 32.7 Å². The van der Waals surface area contributed by atoms with Gasteiger partial charge in [-0.2, -0.15) is 0 Å². The molecule has 0 N–H and O–H groups in total. The van der Waals surface area contributed by atoms with Crippen LogP contribution in [-0.2, 0) is 6.42 Å². The van der Waals surface area contributed by atoms with Crippen LogP contribution in [0.1, 0.15) is 5.82 Å². The number of nitrogens with zero attached hydrogens (tertiary/aromatic N) is 2. The van der Waals surface area contributed by atoms with Crippen LogP contribution in [0.25, 0.3) is 0 Å². The highest BCUT2D eigenvalue weighted by Gasteiger charge is 2.02. The summed E-state index contributed by atoms with van der Waals surface area (Å²) in [5.74, 6) is 2.11. The second kappa shape index (κ2) is 6.59. The second-order valence-electron chi connectivity index (χ2n) is 3.70. The Bertz CT molecular complexity index is 527. The Morgan fingerprint density at radius 3 is 2.16 bits per heavy atom. The first-order valence-corrected chi connectivity index (χ1v) is 6.39. The molecule has 0 saturated heterocycles. The fraction of sp³-hybridized carbons (Fsp3) is 0.231. The summed E-state index contributed by atoms with van der Waals surface area (Å²) in [6.07, 6.45) is 0.534. The molecule has 0 radical (unpaired) electrons. The third-order valence-electron chi connectivity index (χ3n) is 2.36. The van der Waals surface area contributed by atoms with E-state index >= 15 is 0 Å². The molecule has 1 aromatic heterocycles. The molecule has 0 aliphatic heterocycles. The van der Waals surface area contributed by atoms with Gasteiger partial charge in [-0.15, -0.1) is 0 Å². The lowest BCUT2D eigenvalue weighted by Gasteiger charge is -2.06. The van der Waals surface area contributed by atoms with Gasteiger partial charge in [0.25, 0.3) is 0 Å². The number of hydrogen-bond acceptors (Lipinski definition) is 4. The van der Waals surface area contributed by atoms with Crippen molar-refractivity contribution in [3.05, 3.63) is 46.5 Å². The molecule has 0 atom stereocenters. The van der Waals surface area contributed by atoms with Gasteiger partial charge in [-0.1, -0.05) is 23.2 Å². The summed E-state index contributed by atoms with van der Waals surface area (Å²) >= 11 is 11.6. The zero-order chi connectivity index (χ0) is 13.7. The van der Waals surface area contributed by atoms with Gasteiger partial charge in [-0.3, -0.25) is 0 Å². The first-order chi connectivity index (χ1) is 9.17. The predicted octanol–water partition coefficient (Wildman–Crippen LogP) is 3.41. The molecular formula is C13H12Cl2N2O2. The van der Waals surface area contributed by atoms with Crippen molar-refractivity contribution in [1.82, 2.24) is 9.97 Å². The molecule has 4 nitrogen and oxygen atoms in total. The molecule has 0 amide bonds. The van der Waals surface area contributed by atoms with Gasteiger partial charge in [-0.25, -0.2) is 9.97 Å². The van der Waals surface area contributed by atoms with E-state index in [1.165, 1.54) is 6.07 Å². The Morgan fingerprint density at radius 2 is 1.58 bits per heavy atom. The number of benzene rings is 1. The van der Waals surface area contributed by atoms with Gasteiger partial charge in [0, 0.05) is 12.5 Å². The molecule has 2 aromatic rings. The van der Waals surface area contributed by atoms with Crippen molar-refractivity contribution in [2.24, 2.45) is 0 Å². The normalized spacial score (nSPS) is 10.3. The lowest BCUT2D eigenvalue weighted by molar-refractivity contribution is 0.318.